The minimum atomic E-state index is -0.462. The third kappa shape index (κ3) is 2.80. The number of ether oxygens (including phenoxy) is 1. The second-order valence-electron chi connectivity index (χ2n) is 6.05. The van der Waals surface area contributed by atoms with Crippen molar-refractivity contribution < 1.29 is 9.53 Å². The first kappa shape index (κ1) is 17.3. The topological polar surface area (TPSA) is 91.4 Å². The van der Waals surface area contributed by atoms with Gasteiger partial charge in [-0.15, -0.1) is 16.4 Å². The maximum atomic E-state index is 13.1. The van der Waals surface area contributed by atoms with Crippen molar-refractivity contribution in [2.45, 2.75) is 27.3 Å². The molecule has 0 atom stereocenters. The van der Waals surface area contributed by atoms with E-state index >= 15 is 0 Å². The van der Waals surface area contributed by atoms with Crippen LogP contribution in [0.4, 0.5) is 0 Å². The molecule has 0 aliphatic rings. The van der Waals surface area contributed by atoms with Gasteiger partial charge in [-0.3, -0.25) is 14.3 Å². The summed E-state index contributed by atoms with van der Waals surface area (Å²) in [6.45, 7) is 5.78. The van der Waals surface area contributed by atoms with Gasteiger partial charge in [0, 0.05) is 22.8 Å². The summed E-state index contributed by atoms with van der Waals surface area (Å²) < 4.78 is 7.69. The third-order valence-corrected chi connectivity index (χ3v) is 5.60. The number of aromatic nitrogens is 5. The van der Waals surface area contributed by atoms with Gasteiger partial charge < -0.3 is 4.74 Å². The molecule has 8 nitrogen and oxygen atoms in total. The van der Waals surface area contributed by atoms with E-state index in [0.29, 0.717) is 16.3 Å². The molecule has 0 unspecified atom stereocenters. The average Bonchev–Trinajstić information content (AvgIpc) is 3.22. The van der Waals surface area contributed by atoms with Crippen LogP contribution in [0.3, 0.4) is 0 Å². The van der Waals surface area contributed by atoms with Crippen molar-refractivity contribution in [3.63, 3.8) is 0 Å². The molecule has 4 rings (SSSR count). The van der Waals surface area contributed by atoms with Crippen molar-refractivity contribution in [1.29, 1.82) is 0 Å². The molecule has 0 aromatic carbocycles. The summed E-state index contributed by atoms with van der Waals surface area (Å²) in [5.41, 5.74) is 1.79. The van der Waals surface area contributed by atoms with Crippen LogP contribution in [0.15, 0.2) is 29.3 Å². The zero-order valence-electron chi connectivity index (χ0n) is 15.1. The third-order valence-electron chi connectivity index (χ3n) is 4.37. The first-order valence-electron chi connectivity index (χ1n) is 8.46. The summed E-state index contributed by atoms with van der Waals surface area (Å²) in [5.74, 6) is -0.0461. The fraction of sp³-hybridized carbons (Fsp3) is 0.278. The van der Waals surface area contributed by atoms with Gasteiger partial charge in [0.05, 0.1) is 12.0 Å². The lowest BCUT2D eigenvalue weighted by atomic mass is 10.2. The van der Waals surface area contributed by atoms with Crippen molar-refractivity contribution in [2.75, 3.05) is 6.61 Å². The Morgan fingerprint density at radius 3 is 2.85 bits per heavy atom. The number of pyridine rings is 1. The van der Waals surface area contributed by atoms with Crippen LogP contribution in [0, 0.1) is 13.8 Å². The molecule has 0 N–H and O–H groups in total. The standard InChI is InChI=1S/C18H17N5O3S/c1-4-26-13(24)9-22-17-14(10(2)11(3)27-17)16-20-15(21-23(16)18(22)25)12-6-5-7-19-8-12/h5-8H,4,9H2,1-3H3. The van der Waals surface area contributed by atoms with E-state index in [-0.39, 0.29) is 13.2 Å². The molecule has 0 saturated carbocycles. The monoisotopic (exact) mass is 383 g/mol. The Kier molecular flexibility index (Phi) is 4.23. The van der Waals surface area contributed by atoms with Crippen molar-refractivity contribution in [3.8, 4) is 11.4 Å². The summed E-state index contributed by atoms with van der Waals surface area (Å²) in [6.07, 6.45) is 3.31. The minimum absolute atomic E-state index is 0.166. The molecule has 0 spiro atoms. The number of hydrogen-bond donors (Lipinski definition) is 0. The van der Waals surface area contributed by atoms with Crippen LogP contribution in [-0.4, -0.2) is 36.7 Å². The quantitative estimate of drug-likeness (QED) is 0.503. The molecule has 0 saturated heterocycles. The van der Waals surface area contributed by atoms with Crippen molar-refractivity contribution in [3.05, 3.63) is 45.5 Å². The lowest BCUT2D eigenvalue weighted by Gasteiger charge is -2.07. The molecule has 0 fully saturated rings. The van der Waals surface area contributed by atoms with E-state index in [1.807, 2.05) is 19.9 Å². The van der Waals surface area contributed by atoms with Crippen LogP contribution in [0.5, 0.6) is 0 Å². The molecule has 4 aromatic heterocycles. The Morgan fingerprint density at radius 2 is 2.15 bits per heavy atom. The number of thiophene rings is 1. The van der Waals surface area contributed by atoms with E-state index in [4.69, 9.17) is 4.74 Å². The average molecular weight is 383 g/mol. The molecule has 0 aliphatic carbocycles. The van der Waals surface area contributed by atoms with Crippen LogP contribution < -0.4 is 5.69 Å². The Hall–Kier alpha value is -3.07. The molecule has 0 radical (unpaired) electrons. The van der Waals surface area contributed by atoms with Crippen LogP contribution in [0.25, 0.3) is 27.3 Å². The summed E-state index contributed by atoms with van der Waals surface area (Å²) in [6, 6.07) is 3.62. The van der Waals surface area contributed by atoms with Gasteiger partial charge in [-0.2, -0.15) is 4.52 Å². The Morgan fingerprint density at radius 1 is 1.33 bits per heavy atom. The maximum Gasteiger partial charge on any atom is 0.352 e. The molecular formula is C18H17N5O3S. The number of carbonyl (C=O) groups is 1. The van der Waals surface area contributed by atoms with E-state index < -0.39 is 11.7 Å². The number of fused-ring (bicyclic) bond motifs is 3. The van der Waals surface area contributed by atoms with Crippen molar-refractivity contribution in [1.82, 2.24) is 24.1 Å². The van der Waals surface area contributed by atoms with E-state index in [1.165, 1.54) is 20.4 Å². The SMILES string of the molecule is CCOC(=O)Cn1c(=O)n2nc(-c3cccnc3)nc2c2c(C)c(C)sc21. The summed E-state index contributed by atoms with van der Waals surface area (Å²) in [5, 5.41) is 5.20. The van der Waals surface area contributed by atoms with Crippen LogP contribution in [-0.2, 0) is 16.1 Å². The minimum Gasteiger partial charge on any atom is -0.465 e. The van der Waals surface area contributed by atoms with Gasteiger partial charge in [-0.1, -0.05) is 0 Å². The molecule has 0 bridgehead atoms. The predicted molar refractivity (Wildman–Crippen MR) is 102 cm³/mol. The van der Waals surface area contributed by atoms with Gasteiger partial charge in [0.15, 0.2) is 11.5 Å². The van der Waals surface area contributed by atoms with E-state index in [2.05, 4.69) is 15.1 Å². The van der Waals surface area contributed by atoms with Crippen molar-refractivity contribution >= 4 is 33.2 Å². The fourth-order valence-corrected chi connectivity index (χ4v) is 4.11. The lowest BCUT2D eigenvalue weighted by molar-refractivity contribution is -0.143. The molecule has 0 aliphatic heterocycles. The summed E-state index contributed by atoms with van der Waals surface area (Å²) >= 11 is 1.46. The molecule has 9 heteroatoms. The number of esters is 1. The molecule has 4 heterocycles. The summed E-state index contributed by atoms with van der Waals surface area (Å²) in [7, 11) is 0. The van der Waals surface area contributed by atoms with Crippen molar-refractivity contribution in [2.24, 2.45) is 0 Å². The first-order valence-corrected chi connectivity index (χ1v) is 9.28. The molecule has 0 amide bonds. The lowest BCUT2D eigenvalue weighted by Crippen LogP contribution is -2.30. The second-order valence-corrected chi connectivity index (χ2v) is 7.25. The number of nitrogens with zero attached hydrogens (tertiary/aromatic N) is 5. The second kappa shape index (κ2) is 6.58. The van der Waals surface area contributed by atoms with Gasteiger partial charge in [0.2, 0.25) is 0 Å². The normalized spacial score (nSPS) is 11.4. The number of rotatable bonds is 4. The molecule has 27 heavy (non-hydrogen) atoms. The molecule has 138 valence electrons. The fourth-order valence-electron chi connectivity index (χ4n) is 2.96. The van der Waals surface area contributed by atoms with Gasteiger partial charge in [-0.25, -0.2) is 9.78 Å². The Balaban J connectivity index is 2.03. The van der Waals surface area contributed by atoms with Crippen LogP contribution in [0.2, 0.25) is 0 Å². The van der Waals surface area contributed by atoms with Crippen LogP contribution >= 0.6 is 11.3 Å². The largest absolute Gasteiger partial charge is 0.465 e. The summed E-state index contributed by atoms with van der Waals surface area (Å²) in [4.78, 5) is 35.5. The number of carbonyl (C=O) groups excluding carboxylic acids is 1. The number of hydrogen-bond acceptors (Lipinski definition) is 7. The zero-order chi connectivity index (χ0) is 19.1. The first-order chi connectivity index (χ1) is 13.0. The Bertz CT molecular complexity index is 1220. The zero-order valence-corrected chi connectivity index (χ0v) is 15.9. The smallest absolute Gasteiger partial charge is 0.352 e. The van der Waals surface area contributed by atoms with Gasteiger partial charge >= 0.3 is 11.7 Å². The molecule has 4 aromatic rings. The predicted octanol–water partition coefficient (Wildman–Crippen LogP) is 2.35. The highest BCUT2D eigenvalue weighted by molar-refractivity contribution is 7.19. The molecular weight excluding hydrogens is 366 g/mol. The van der Waals surface area contributed by atoms with Gasteiger partial charge in [-0.05, 0) is 38.5 Å². The van der Waals surface area contributed by atoms with E-state index in [9.17, 15) is 9.59 Å². The number of aryl methyl sites for hydroxylation is 2. The highest BCUT2D eigenvalue weighted by Gasteiger charge is 2.21. The van der Waals surface area contributed by atoms with E-state index in [0.717, 1.165) is 21.4 Å². The highest BCUT2D eigenvalue weighted by Crippen LogP contribution is 2.32. The maximum absolute atomic E-state index is 13.1. The van der Waals surface area contributed by atoms with Crippen LogP contribution in [0.1, 0.15) is 17.4 Å². The van der Waals surface area contributed by atoms with Gasteiger partial charge in [0.25, 0.3) is 0 Å². The Labute approximate surface area is 158 Å². The van der Waals surface area contributed by atoms with Gasteiger partial charge in [0.1, 0.15) is 11.4 Å². The highest BCUT2D eigenvalue weighted by atomic mass is 32.1. The van der Waals surface area contributed by atoms with E-state index in [1.54, 1.807) is 25.4 Å².